The molecule has 2 amide bonds. The Balaban J connectivity index is 1.21. The third kappa shape index (κ3) is 4.22. The molecule has 2 N–H and O–H groups in total. The summed E-state index contributed by atoms with van der Waals surface area (Å²) >= 11 is 0. The smallest absolute Gasteiger partial charge is 0.270 e. The summed E-state index contributed by atoms with van der Waals surface area (Å²) < 4.78 is 0. The van der Waals surface area contributed by atoms with Gasteiger partial charge in [-0.15, -0.1) is 0 Å². The topological polar surface area (TPSA) is 68.4 Å². The Bertz CT molecular complexity index is 808. The normalized spacial score (nSPS) is 17.0. The minimum atomic E-state index is 0.0500. The molecule has 0 bridgehead atoms. The van der Waals surface area contributed by atoms with Crippen molar-refractivity contribution in [3.8, 4) is 0 Å². The quantitative estimate of drug-likeness (QED) is 0.853. The molecule has 6 nitrogen and oxygen atoms in total. The number of amides is 2. The molecule has 6 heteroatoms. The van der Waals surface area contributed by atoms with Crippen molar-refractivity contribution in [1.29, 1.82) is 0 Å². The SMILES string of the molecule is O=C(CCN1CCN(C(=O)c2ccc[nH]2)CC1)Nc1ccc2c(c1)CCC2. The summed E-state index contributed by atoms with van der Waals surface area (Å²) in [6.07, 6.45) is 5.72. The molecule has 1 aromatic carbocycles. The molecule has 0 atom stereocenters. The predicted molar refractivity (Wildman–Crippen MR) is 105 cm³/mol. The maximum atomic E-state index is 12.3. The van der Waals surface area contributed by atoms with Gasteiger partial charge in [0.2, 0.25) is 5.91 Å². The number of aromatic nitrogens is 1. The first-order valence-electron chi connectivity index (χ1n) is 9.76. The molecule has 1 aliphatic carbocycles. The van der Waals surface area contributed by atoms with Crippen LogP contribution in [0.4, 0.5) is 5.69 Å². The van der Waals surface area contributed by atoms with Crippen LogP contribution in [0.2, 0.25) is 0 Å². The summed E-state index contributed by atoms with van der Waals surface area (Å²) in [7, 11) is 0. The average Bonchev–Trinajstić information content (AvgIpc) is 3.37. The Kier molecular flexibility index (Phi) is 5.25. The summed E-state index contributed by atoms with van der Waals surface area (Å²) in [5.74, 6) is 0.104. The van der Waals surface area contributed by atoms with Crippen LogP contribution in [-0.2, 0) is 17.6 Å². The largest absolute Gasteiger partial charge is 0.357 e. The van der Waals surface area contributed by atoms with Gasteiger partial charge < -0.3 is 15.2 Å². The molecule has 0 radical (unpaired) electrons. The Labute approximate surface area is 159 Å². The third-order valence-corrected chi connectivity index (χ3v) is 5.53. The zero-order valence-electron chi connectivity index (χ0n) is 15.5. The number of hydrogen-bond acceptors (Lipinski definition) is 3. The van der Waals surface area contributed by atoms with E-state index >= 15 is 0 Å². The van der Waals surface area contributed by atoms with Crippen LogP contribution < -0.4 is 5.32 Å². The van der Waals surface area contributed by atoms with Crippen molar-refractivity contribution in [2.45, 2.75) is 25.7 Å². The fraction of sp³-hybridized carbons (Fsp3) is 0.429. The molecule has 1 aliphatic heterocycles. The summed E-state index contributed by atoms with van der Waals surface area (Å²) in [6, 6.07) is 9.90. The molecule has 2 heterocycles. The van der Waals surface area contributed by atoms with Gasteiger partial charge >= 0.3 is 0 Å². The number of rotatable bonds is 5. The van der Waals surface area contributed by atoms with Crippen LogP contribution in [0.3, 0.4) is 0 Å². The highest BCUT2D eigenvalue weighted by atomic mass is 16.2. The molecule has 0 spiro atoms. The third-order valence-electron chi connectivity index (χ3n) is 5.53. The highest BCUT2D eigenvalue weighted by Crippen LogP contribution is 2.24. The Hall–Kier alpha value is -2.60. The van der Waals surface area contributed by atoms with E-state index in [9.17, 15) is 9.59 Å². The Morgan fingerprint density at radius 3 is 2.63 bits per heavy atom. The molecule has 1 saturated heterocycles. The van der Waals surface area contributed by atoms with E-state index in [4.69, 9.17) is 0 Å². The number of hydrogen-bond donors (Lipinski definition) is 2. The number of carbonyl (C=O) groups is 2. The van der Waals surface area contributed by atoms with Crippen LogP contribution in [0, 0.1) is 0 Å². The first-order chi connectivity index (χ1) is 13.2. The molecule has 4 rings (SSSR count). The van der Waals surface area contributed by atoms with Gasteiger partial charge in [-0.1, -0.05) is 6.07 Å². The first-order valence-corrected chi connectivity index (χ1v) is 9.76. The van der Waals surface area contributed by atoms with Crippen LogP contribution in [0.5, 0.6) is 0 Å². The molecule has 0 saturated carbocycles. The van der Waals surface area contributed by atoms with Crippen LogP contribution in [0.25, 0.3) is 0 Å². The number of aryl methyl sites for hydroxylation is 2. The van der Waals surface area contributed by atoms with Gasteiger partial charge in [-0.05, 0) is 54.7 Å². The lowest BCUT2D eigenvalue weighted by atomic mass is 10.1. The fourth-order valence-corrected chi connectivity index (χ4v) is 3.94. The van der Waals surface area contributed by atoms with Crippen molar-refractivity contribution in [3.63, 3.8) is 0 Å². The number of piperazine rings is 1. The van der Waals surface area contributed by atoms with Gasteiger partial charge in [-0.2, -0.15) is 0 Å². The van der Waals surface area contributed by atoms with E-state index in [-0.39, 0.29) is 11.8 Å². The molecule has 1 fully saturated rings. The second kappa shape index (κ2) is 7.96. The number of carbonyl (C=O) groups excluding carboxylic acids is 2. The van der Waals surface area contributed by atoms with Crippen molar-refractivity contribution < 1.29 is 9.59 Å². The molecule has 142 valence electrons. The predicted octanol–water partition coefficient (Wildman–Crippen LogP) is 2.29. The van der Waals surface area contributed by atoms with Crippen molar-refractivity contribution in [1.82, 2.24) is 14.8 Å². The lowest BCUT2D eigenvalue weighted by Gasteiger charge is -2.34. The summed E-state index contributed by atoms with van der Waals surface area (Å²) in [6.45, 7) is 3.73. The number of nitrogens with zero attached hydrogens (tertiary/aromatic N) is 2. The van der Waals surface area contributed by atoms with Crippen molar-refractivity contribution >= 4 is 17.5 Å². The molecular formula is C21H26N4O2. The Morgan fingerprint density at radius 1 is 1.04 bits per heavy atom. The monoisotopic (exact) mass is 366 g/mol. The highest BCUT2D eigenvalue weighted by Gasteiger charge is 2.22. The number of fused-ring (bicyclic) bond motifs is 1. The molecule has 27 heavy (non-hydrogen) atoms. The minimum absolute atomic E-state index is 0.0500. The van der Waals surface area contributed by atoms with Crippen LogP contribution in [0.1, 0.15) is 34.5 Å². The van der Waals surface area contributed by atoms with E-state index < -0.39 is 0 Å². The molecule has 2 aromatic rings. The van der Waals surface area contributed by atoms with Gasteiger partial charge in [0.25, 0.3) is 5.91 Å². The van der Waals surface area contributed by atoms with Crippen molar-refractivity contribution in [2.24, 2.45) is 0 Å². The lowest BCUT2D eigenvalue weighted by Crippen LogP contribution is -2.49. The van der Waals surface area contributed by atoms with E-state index in [1.807, 2.05) is 17.0 Å². The van der Waals surface area contributed by atoms with Gasteiger partial charge in [0.15, 0.2) is 0 Å². The van der Waals surface area contributed by atoms with E-state index in [0.717, 1.165) is 38.2 Å². The maximum Gasteiger partial charge on any atom is 0.270 e. The van der Waals surface area contributed by atoms with Gasteiger partial charge in [-0.25, -0.2) is 0 Å². The second-order valence-electron chi connectivity index (χ2n) is 7.35. The van der Waals surface area contributed by atoms with Crippen LogP contribution in [-0.4, -0.2) is 59.3 Å². The fourth-order valence-electron chi connectivity index (χ4n) is 3.94. The molecule has 0 unspecified atom stereocenters. The van der Waals surface area contributed by atoms with Crippen molar-refractivity contribution in [2.75, 3.05) is 38.0 Å². The van der Waals surface area contributed by atoms with Crippen LogP contribution >= 0.6 is 0 Å². The highest BCUT2D eigenvalue weighted by molar-refractivity contribution is 5.92. The number of aromatic amines is 1. The van der Waals surface area contributed by atoms with Gasteiger partial charge in [0.1, 0.15) is 5.69 Å². The number of nitrogens with one attached hydrogen (secondary N) is 2. The van der Waals surface area contributed by atoms with Crippen LogP contribution in [0.15, 0.2) is 36.5 Å². The van der Waals surface area contributed by atoms with E-state index in [0.29, 0.717) is 25.2 Å². The lowest BCUT2D eigenvalue weighted by molar-refractivity contribution is -0.116. The number of H-pyrrole nitrogens is 1. The standard InChI is InChI=1S/C21H26N4O2/c26-20(23-18-7-6-16-3-1-4-17(16)15-18)8-10-24-11-13-25(14-12-24)21(27)19-5-2-9-22-19/h2,5-7,9,15,22H,1,3-4,8,10-14H2,(H,23,26). The molecule has 2 aliphatic rings. The zero-order valence-corrected chi connectivity index (χ0v) is 15.5. The van der Waals surface area contributed by atoms with Gasteiger partial charge in [0.05, 0.1) is 0 Å². The minimum Gasteiger partial charge on any atom is -0.357 e. The summed E-state index contributed by atoms with van der Waals surface area (Å²) in [5, 5.41) is 3.02. The van der Waals surface area contributed by atoms with Crippen molar-refractivity contribution in [3.05, 3.63) is 53.3 Å². The number of anilines is 1. The zero-order chi connectivity index (χ0) is 18.6. The second-order valence-corrected chi connectivity index (χ2v) is 7.35. The number of benzene rings is 1. The van der Waals surface area contributed by atoms with Gasteiger partial charge in [0, 0.05) is 51.0 Å². The van der Waals surface area contributed by atoms with E-state index in [2.05, 4.69) is 27.3 Å². The molecular weight excluding hydrogens is 340 g/mol. The summed E-state index contributed by atoms with van der Waals surface area (Å²) in [4.78, 5) is 31.7. The summed E-state index contributed by atoms with van der Waals surface area (Å²) in [5.41, 5.74) is 4.33. The van der Waals surface area contributed by atoms with E-state index in [1.165, 1.54) is 17.5 Å². The van der Waals surface area contributed by atoms with Gasteiger partial charge in [-0.3, -0.25) is 14.5 Å². The Morgan fingerprint density at radius 2 is 1.85 bits per heavy atom. The maximum absolute atomic E-state index is 12.3. The van der Waals surface area contributed by atoms with E-state index in [1.54, 1.807) is 12.3 Å². The molecule has 1 aromatic heterocycles. The average molecular weight is 366 g/mol. The first kappa shape index (κ1) is 17.8.